The summed E-state index contributed by atoms with van der Waals surface area (Å²) in [6.07, 6.45) is 3.17. The lowest BCUT2D eigenvalue weighted by Crippen LogP contribution is -2.46. The zero-order valence-electron chi connectivity index (χ0n) is 16.6. The number of rotatable bonds is 7. The molecule has 2 saturated heterocycles. The summed E-state index contributed by atoms with van der Waals surface area (Å²) in [6, 6.07) is 9.82. The molecular formula is C21H33ClN4O2. The van der Waals surface area contributed by atoms with Gasteiger partial charge in [-0.3, -0.25) is 9.59 Å². The molecule has 6 nitrogen and oxygen atoms in total. The predicted octanol–water partition coefficient (Wildman–Crippen LogP) is 1.30. The fraction of sp³-hybridized carbons (Fsp3) is 0.619. The van der Waals surface area contributed by atoms with Crippen LogP contribution >= 0.6 is 12.4 Å². The van der Waals surface area contributed by atoms with Crippen molar-refractivity contribution >= 4 is 24.2 Å². The van der Waals surface area contributed by atoms with Crippen LogP contribution in [0, 0.1) is 5.92 Å². The molecule has 3 rings (SSSR count). The summed E-state index contributed by atoms with van der Waals surface area (Å²) in [5.41, 5.74) is 1.03. The van der Waals surface area contributed by atoms with Crippen LogP contribution in [-0.2, 0) is 16.0 Å². The summed E-state index contributed by atoms with van der Waals surface area (Å²) in [6.45, 7) is 7.37. The minimum Gasteiger partial charge on any atom is -0.356 e. The highest BCUT2D eigenvalue weighted by molar-refractivity contribution is 5.85. The van der Waals surface area contributed by atoms with E-state index in [0.717, 1.165) is 70.6 Å². The molecule has 2 fully saturated rings. The first kappa shape index (κ1) is 22.7. The molecule has 1 unspecified atom stereocenters. The van der Waals surface area contributed by atoms with Gasteiger partial charge >= 0.3 is 0 Å². The van der Waals surface area contributed by atoms with Crippen molar-refractivity contribution in [3.63, 3.8) is 0 Å². The van der Waals surface area contributed by atoms with Crippen molar-refractivity contribution in [3.05, 3.63) is 35.9 Å². The normalized spacial score (nSPS) is 20.3. The van der Waals surface area contributed by atoms with Crippen molar-refractivity contribution in [2.75, 3.05) is 52.4 Å². The van der Waals surface area contributed by atoms with Crippen LogP contribution in [0.2, 0.25) is 0 Å². The maximum atomic E-state index is 12.6. The van der Waals surface area contributed by atoms with Gasteiger partial charge in [-0.15, -0.1) is 12.4 Å². The van der Waals surface area contributed by atoms with Crippen LogP contribution < -0.4 is 10.6 Å². The van der Waals surface area contributed by atoms with Gasteiger partial charge in [-0.2, -0.15) is 0 Å². The maximum Gasteiger partial charge on any atom is 0.227 e. The molecule has 0 aromatic heterocycles. The second-order valence-electron chi connectivity index (χ2n) is 7.58. The van der Waals surface area contributed by atoms with E-state index >= 15 is 0 Å². The first-order valence-electron chi connectivity index (χ1n) is 10.2. The van der Waals surface area contributed by atoms with E-state index in [1.54, 1.807) is 0 Å². The zero-order valence-corrected chi connectivity index (χ0v) is 17.4. The molecular weight excluding hydrogens is 376 g/mol. The molecule has 2 amide bonds. The number of nitrogens with one attached hydrogen (secondary N) is 2. The van der Waals surface area contributed by atoms with E-state index in [1.165, 1.54) is 0 Å². The minimum atomic E-state index is -0.0716. The summed E-state index contributed by atoms with van der Waals surface area (Å²) >= 11 is 0. The number of likely N-dealkylation sites (tertiary alicyclic amines) is 1. The van der Waals surface area contributed by atoms with Gasteiger partial charge in [-0.05, 0) is 31.4 Å². The lowest BCUT2D eigenvalue weighted by molar-refractivity contribution is -0.135. The highest BCUT2D eigenvalue weighted by atomic mass is 35.5. The van der Waals surface area contributed by atoms with Crippen molar-refractivity contribution < 1.29 is 9.59 Å². The third kappa shape index (κ3) is 7.08. The fourth-order valence-electron chi connectivity index (χ4n) is 3.89. The molecule has 2 aliphatic heterocycles. The molecule has 2 N–H and O–H groups in total. The largest absolute Gasteiger partial charge is 0.356 e. The Morgan fingerprint density at radius 3 is 2.61 bits per heavy atom. The number of carbonyl (C=O) groups excluding carboxylic acids is 2. The third-order valence-electron chi connectivity index (χ3n) is 5.50. The van der Waals surface area contributed by atoms with E-state index in [0.29, 0.717) is 13.0 Å². The topological polar surface area (TPSA) is 64.7 Å². The molecule has 2 heterocycles. The molecule has 1 aromatic carbocycles. The van der Waals surface area contributed by atoms with Gasteiger partial charge in [0.1, 0.15) is 0 Å². The highest BCUT2D eigenvalue weighted by Crippen LogP contribution is 2.18. The van der Waals surface area contributed by atoms with Crippen LogP contribution in [0.1, 0.15) is 24.8 Å². The van der Waals surface area contributed by atoms with Gasteiger partial charge < -0.3 is 20.4 Å². The van der Waals surface area contributed by atoms with E-state index in [2.05, 4.69) is 15.5 Å². The predicted molar refractivity (Wildman–Crippen MR) is 114 cm³/mol. The zero-order chi connectivity index (χ0) is 18.9. The van der Waals surface area contributed by atoms with Crippen LogP contribution in [0.4, 0.5) is 0 Å². The highest BCUT2D eigenvalue weighted by Gasteiger charge is 2.28. The smallest absolute Gasteiger partial charge is 0.227 e. The number of benzene rings is 1. The standard InChI is InChI=1S/C21H32N4O2.ClH/c26-20(16-18-6-2-1-3-7-18)25-13-4-8-19(17-25)21(27)23-9-5-12-24-14-10-22-11-15-24;/h1-3,6-7,19,22H,4-5,8-17H2,(H,23,27);1H. The van der Waals surface area contributed by atoms with Crippen LogP contribution in [0.25, 0.3) is 0 Å². The number of halogens is 1. The molecule has 1 aromatic rings. The fourth-order valence-corrected chi connectivity index (χ4v) is 3.89. The lowest BCUT2D eigenvalue weighted by Gasteiger charge is -2.32. The van der Waals surface area contributed by atoms with E-state index in [1.807, 2.05) is 35.2 Å². The number of hydrogen-bond donors (Lipinski definition) is 2. The molecule has 0 aliphatic carbocycles. The van der Waals surface area contributed by atoms with Crippen LogP contribution in [0.3, 0.4) is 0 Å². The Morgan fingerprint density at radius 1 is 1.11 bits per heavy atom. The second kappa shape index (κ2) is 12.0. The first-order valence-corrected chi connectivity index (χ1v) is 10.2. The summed E-state index contributed by atoms with van der Waals surface area (Å²) in [4.78, 5) is 29.4. The Labute approximate surface area is 174 Å². The molecule has 7 heteroatoms. The van der Waals surface area contributed by atoms with Gasteiger partial charge in [0.25, 0.3) is 0 Å². The van der Waals surface area contributed by atoms with Crippen LogP contribution in [-0.4, -0.2) is 74.0 Å². The average Bonchev–Trinajstić information content (AvgIpc) is 2.72. The van der Waals surface area contributed by atoms with Crippen molar-refractivity contribution in [3.8, 4) is 0 Å². The van der Waals surface area contributed by atoms with Gasteiger partial charge in [0.2, 0.25) is 11.8 Å². The lowest BCUT2D eigenvalue weighted by atomic mass is 9.96. The molecule has 0 saturated carbocycles. The van der Waals surface area contributed by atoms with Crippen molar-refractivity contribution in [2.45, 2.75) is 25.7 Å². The van der Waals surface area contributed by atoms with Gasteiger partial charge in [-0.25, -0.2) is 0 Å². The Hall–Kier alpha value is -1.63. The summed E-state index contributed by atoms with van der Waals surface area (Å²) < 4.78 is 0. The second-order valence-corrected chi connectivity index (χ2v) is 7.58. The van der Waals surface area contributed by atoms with Crippen molar-refractivity contribution in [2.24, 2.45) is 5.92 Å². The van der Waals surface area contributed by atoms with Gasteiger partial charge in [0.15, 0.2) is 0 Å². The van der Waals surface area contributed by atoms with Gasteiger partial charge in [-0.1, -0.05) is 30.3 Å². The molecule has 0 bridgehead atoms. The Balaban J connectivity index is 0.00000280. The summed E-state index contributed by atoms with van der Waals surface area (Å²) in [5.74, 6) is 0.155. The molecule has 1 atom stereocenters. The number of amides is 2. The third-order valence-corrected chi connectivity index (χ3v) is 5.50. The minimum absolute atomic E-state index is 0. The summed E-state index contributed by atoms with van der Waals surface area (Å²) in [5, 5.41) is 6.43. The molecule has 0 radical (unpaired) electrons. The summed E-state index contributed by atoms with van der Waals surface area (Å²) in [7, 11) is 0. The average molecular weight is 409 g/mol. The van der Waals surface area contributed by atoms with Crippen LogP contribution in [0.15, 0.2) is 30.3 Å². The van der Waals surface area contributed by atoms with Gasteiger partial charge in [0.05, 0.1) is 12.3 Å². The molecule has 28 heavy (non-hydrogen) atoms. The number of carbonyl (C=O) groups is 2. The van der Waals surface area contributed by atoms with Gasteiger partial charge in [0, 0.05) is 45.8 Å². The number of hydrogen-bond acceptors (Lipinski definition) is 4. The van der Waals surface area contributed by atoms with E-state index < -0.39 is 0 Å². The maximum absolute atomic E-state index is 12.6. The molecule has 156 valence electrons. The quantitative estimate of drug-likeness (QED) is 0.667. The monoisotopic (exact) mass is 408 g/mol. The SMILES string of the molecule is Cl.O=C(NCCCN1CCNCC1)C1CCCN(C(=O)Cc2ccccc2)C1. The molecule has 0 spiro atoms. The van der Waals surface area contributed by atoms with Crippen molar-refractivity contribution in [1.29, 1.82) is 0 Å². The Morgan fingerprint density at radius 2 is 1.86 bits per heavy atom. The van der Waals surface area contributed by atoms with E-state index in [-0.39, 0.29) is 30.1 Å². The molecule has 2 aliphatic rings. The Bertz CT molecular complexity index is 608. The van der Waals surface area contributed by atoms with E-state index in [9.17, 15) is 9.59 Å². The first-order chi connectivity index (χ1) is 13.2. The van der Waals surface area contributed by atoms with Crippen molar-refractivity contribution in [1.82, 2.24) is 20.4 Å². The number of piperazine rings is 1. The number of nitrogens with zero attached hydrogens (tertiary/aromatic N) is 2. The van der Waals surface area contributed by atoms with E-state index in [4.69, 9.17) is 0 Å². The van der Waals surface area contributed by atoms with Crippen LogP contribution in [0.5, 0.6) is 0 Å². The number of piperidine rings is 1. The Kier molecular flexibility index (Phi) is 9.75.